The second-order valence-corrected chi connectivity index (χ2v) is 23.0. The number of aromatic nitrogens is 14. The molecule has 0 unspecified atom stereocenters. The largest absolute Gasteiger partial charge is 0.392 e. The van der Waals surface area contributed by atoms with Crippen molar-refractivity contribution in [3.63, 3.8) is 0 Å². The summed E-state index contributed by atoms with van der Waals surface area (Å²) in [6.45, 7) is 20.7. The van der Waals surface area contributed by atoms with Crippen LogP contribution in [0.25, 0.3) is 22.5 Å². The molecule has 3 aliphatic heterocycles. The van der Waals surface area contributed by atoms with Gasteiger partial charge >= 0.3 is 0 Å². The summed E-state index contributed by atoms with van der Waals surface area (Å²) in [7, 11) is 3.72. The van der Waals surface area contributed by atoms with Crippen LogP contribution >= 0.6 is 0 Å². The number of Topliss-reactive ketones (excluding diaryl/α,β-unsaturated/α-hetero) is 2. The van der Waals surface area contributed by atoms with Crippen molar-refractivity contribution in [2.24, 2.45) is 14.1 Å². The van der Waals surface area contributed by atoms with Crippen molar-refractivity contribution in [2.75, 3.05) is 36.9 Å². The number of nitrogens with zero attached hydrogens (tertiary/aromatic N) is 15. The summed E-state index contributed by atoms with van der Waals surface area (Å²) in [5.41, 5.74) is 10.3. The first kappa shape index (κ1) is 56.8. The number of ketones is 2. The van der Waals surface area contributed by atoms with E-state index in [4.69, 9.17) is 14.7 Å². The fraction of sp³-hybridized carbons (Fsp3) is 0.448. The van der Waals surface area contributed by atoms with Crippen molar-refractivity contribution >= 4 is 34.8 Å². The Morgan fingerprint density at radius 3 is 1.66 bits per heavy atom. The van der Waals surface area contributed by atoms with E-state index in [2.05, 4.69) is 105 Å². The Morgan fingerprint density at radius 1 is 0.725 bits per heavy atom. The maximum absolute atomic E-state index is 13.3. The molecule has 0 amide bonds. The Bertz CT molecular complexity index is 3400. The van der Waals surface area contributed by atoms with Gasteiger partial charge in [0.2, 0.25) is 11.9 Å². The minimum Gasteiger partial charge on any atom is -0.392 e. The van der Waals surface area contributed by atoms with Gasteiger partial charge in [-0.3, -0.25) is 23.9 Å². The van der Waals surface area contributed by atoms with Gasteiger partial charge in [0.05, 0.1) is 77.4 Å². The van der Waals surface area contributed by atoms with Crippen molar-refractivity contribution in [1.29, 1.82) is 0 Å². The number of aryl methyl sites for hydroxylation is 2. The van der Waals surface area contributed by atoms with E-state index in [9.17, 15) is 14.7 Å². The predicted molar refractivity (Wildman–Crippen MR) is 305 cm³/mol. The molecule has 4 atom stereocenters. The Labute approximate surface area is 466 Å². The lowest BCUT2D eigenvalue weighted by Gasteiger charge is -2.22. The van der Waals surface area contributed by atoms with E-state index < -0.39 is 6.10 Å². The molecule has 0 aliphatic carbocycles. The predicted octanol–water partition coefficient (Wildman–Crippen LogP) is 8.13. The van der Waals surface area contributed by atoms with Crippen LogP contribution in [0.2, 0.25) is 0 Å². The first-order valence-electron chi connectivity index (χ1n) is 27.3. The Hall–Kier alpha value is -7.92. The number of aliphatic hydroxyl groups excluding tert-OH is 1. The summed E-state index contributed by atoms with van der Waals surface area (Å²) in [4.78, 5) is 46.8. The SMILES string of the molecule is C[C@H](O)CN1CC[C@@H](CC(=O)c2cn(C(C)(C)C)nn2)c2ccc(-c3ccnc(Nc4cnn(C)c4)n3)cc2C1.C[C@H]1CO1.Cn1cc(Nc2nccc(-c3ccc4c(c3)CNCC[C@H]4CC(=O)c3cn(C(C)(C)C)nn3)n2)cn1. The molecule has 420 valence electrons. The number of carbonyl (C=O) groups excluding carboxylic acids is 2. The standard InChI is InChI=1S/C29H37N9O2.C26H31N9O.C3H6O/c1-19(39)15-37-11-9-20(13-27(40)26-18-38(35-34-26)29(2,3)4)24-7-6-21(12-22(24)16-37)25-8-10-30-28(33-25)32-23-14-31-36(5)17-23;1-26(2,3)35-16-23(32-33-35)24(36)12-17-7-9-27-13-19-11-18(5-6-21(17)19)22-8-10-28-25(31-22)30-20-14-29-34(4)15-20;1-3-2-4-3/h6-8,10,12,14,17-20,39H,9,11,13,15-16H2,1-5H3,(H,30,32,33);5-6,8,10-11,14-17,27H,7,9,12-13H2,1-4H3,(H,28,30,31);3H,2H2,1H3/t19-,20-;17-;3-/m000/s1. The molecule has 1 saturated heterocycles. The topological polar surface area (TPSA) is 255 Å². The van der Waals surface area contributed by atoms with E-state index in [1.165, 1.54) is 11.1 Å². The van der Waals surface area contributed by atoms with Crippen molar-refractivity contribution in [1.82, 2.24) is 79.7 Å². The summed E-state index contributed by atoms with van der Waals surface area (Å²) >= 11 is 0. The third kappa shape index (κ3) is 15.0. The Morgan fingerprint density at radius 2 is 1.21 bits per heavy atom. The van der Waals surface area contributed by atoms with Crippen LogP contribution in [0.3, 0.4) is 0 Å². The Kier molecular flexibility index (Phi) is 17.5. The van der Waals surface area contributed by atoms with E-state index in [1.54, 1.807) is 62.8 Å². The molecule has 3 aliphatic rings. The van der Waals surface area contributed by atoms with Crippen molar-refractivity contribution in [3.05, 3.63) is 132 Å². The highest BCUT2D eigenvalue weighted by atomic mass is 16.6. The number of benzene rings is 2. The number of epoxide rings is 1. The fourth-order valence-corrected chi connectivity index (χ4v) is 9.62. The van der Waals surface area contributed by atoms with Crippen LogP contribution in [0.15, 0.2) is 98.1 Å². The van der Waals surface area contributed by atoms with E-state index in [-0.39, 0.29) is 34.5 Å². The molecule has 0 spiro atoms. The van der Waals surface area contributed by atoms with E-state index >= 15 is 0 Å². The van der Waals surface area contributed by atoms with Crippen LogP contribution in [0.5, 0.6) is 0 Å². The third-order valence-electron chi connectivity index (χ3n) is 14.0. The highest BCUT2D eigenvalue weighted by Gasteiger charge is 2.29. The van der Waals surface area contributed by atoms with E-state index in [0.717, 1.165) is 84.1 Å². The molecule has 0 radical (unpaired) electrons. The van der Waals surface area contributed by atoms with Gasteiger partial charge in [-0.1, -0.05) is 34.7 Å². The molecule has 2 aromatic carbocycles. The zero-order chi connectivity index (χ0) is 56.7. The smallest absolute Gasteiger partial charge is 0.227 e. The van der Waals surface area contributed by atoms with Gasteiger partial charge in [0.1, 0.15) is 11.4 Å². The number of nitrogens with one attached hydrogen (secondary N) is 3. The minimum atomic E-state index is -0.444. The highest BCUT2D eigenvalue weighted by molar-refractivity contribution is 5.95. The van der Waals surface area contributed by atoms with Gasteiger partial charge in [-0.2, -0.15) is 10.2 Å². The molecule has 4 N–H and O–H groups in total. The number of hydrogen-bond acceptors (Lipinski definition) is 18. The third-order valence-corrected chi connectivity index (χ3v) is 14.0. The van der Waals surface area contributed by atoms with Crippen LogP contribution in [-0.4, -0.2) is 130 Å². The summed E-state index contributed by atoms with van der Waals surface area (Å²) in [6, 6.07) is 16.5. The first-order chi connectivity index (χ1) is 38.2. The molecule has 6 aromatic heterocycles. The normalized spacial score (nSPS) is 17.5. The van der Waals surface area contributed by atoms with Gasteiger partial charge in [0.15, 0.2) is 11.6 Å². The molecule has 80 heavy (non-hydrogen) atoms. The maximum Gasteiger partial charge on any atom is 0.227 e. The second kappa shape index (κ2) is 24.6. The number of aliphatic hydroxyl groups is 1. The van der Waals surface area contributed by atoms with E-state index in [0.29, 0.717) is 55.3 Å². The Balaban J connectivity index is 0.000000181. The fourth-order valence-electron chi connectivity index (χ4n) is 9.62. The molecule has 11 rings (SSSR count). The van der Waals surface area contributed by atoms with Gasteiger partial charge in [-0.15, -0.1) is 10.2 Å². The first-order valence-corrected chi connectivity index (χ1v) is 27.3. The zero-order valence-corrected chi connectivity index (χ0v) is 47.5. The van der Waals surface area contributed by atoms with Crippen molar-refractivity contribution in [2.45, 2.75) is 129 Å². The number of rotatable bonds is 14. The molecule has 22 nitrogen and oxygen atoms in total. The van der Waals surface area contributed by atoms with Gasteiger partial charge in [0.25, 0.3) is 0 Å². The van der Waals surface area contributed by atoms with Gasteiger partial charge in [0, 0.05) is 82.5 Å². The molecule has 9 heterocycles. The lowest BCUT2D eigenvalue weighted by molar-refractivity contribution is 0.0956. The molecular weight excluding hydrogens is 1010 g/mol. The monoisotopic (exact) mass is 1090 g/mol. The number of fused-ring (bicyclic) bond motifs is 2. The summed E-state index contributed by atoms with van der Waals surface area (Å²) < 4.78 is 11.6. The van der Waals surface area contributed by atoms with E-state index in [1.807, 2.05) is 80.2 Å². The molecule has 22 heteroatoms. The molecule has 0 saturated carbocycles. The van der Waals surface area contributed by atoms with Crippen LogP contribution < -0.4 is 16.0 Å². The average molecular weight is 1090 g/mol. The number of anilines is 4. The van der Waals surface area contributed by atoms with Crippen LogP contribution in [0.4, 0.5) is 23.3 Å². The van der Waals surface area contributed by atoms with Crippen molar-refractivity contribution in [3.8, 4) is 22.5 Å². The molecule has 0 bridgehead atoms. The molecule has 1 fully saturated rings. The van der Waals surface area contributed by atoms with Crippen LogP contribution in [-0.2, 0) is 43.0 Å². The maximum atomic E-state index is 13.3. The highest BCUT2D eigenvalue weighted by Crippen LogP contribution is 2.36. The molecular formula is C58H74N18O4. The molecule has 8 aromatic rings. The number of hydrogen-bond donors (Lipinski definition) is 4. The average Bonchev–Trinajstić information content (AvgIpc) is 3.85. The zero-order valence-electron chi connectivity index (χ0n) is 47.5. The van der Waals surface area contributed by atoms with Crippen molar-refractivity contribution < 1.29 is 19.4 Å². The second-order valence-electron chi connectivity index (χ2n) is 23.0. The lowest BCUT2D eigenvalue weighted by Crippen LogP contribution is -2.30. The summed E-state index contributed by atoms with van der Waals surface area (Å²) in [6.07, 6.45) is 16.8. The van der Waals surface area contributed by atoms with Gasteiger partial charge in [-0.25, -0.2) is 29.3 Å². The quantitative estimate of drug-likeness (QED) is 0.0592. The number of β-amino-alcohol motifs (C(OH)–C–C–N with tert-alkyl or cyclic N) is 1. The summed E-state index contributed by atoms with van der Waals surface area (Å²) in [5.74, 6) is 1.16. The lowest BCUT2D eigenvalue weighted by atomic mass is 9.87. The van der Waals surface area contributed by atoms with Gasteiger partial charge < -0.3 is 25.8 Å². The summed E-state index contributed by atoms with van der Waals surface area (Å²) in [5, 5.41) is 45.0. The number of ether oxygens (including phenoxy) is 1. The van der Waals surface area contributed by atoms with Gasteiger partial charge in [-0.05, 0) is 140 Å². The minimum absolute atomic E-state index is 0.0126. The van der Waals surface area contributed by atoms with Crippen LogP contribution in [0.1, 0.15) is 136 Å². The number of carbonyl (C=O) groups is 2. The van der Waals surface area contributed by atoms with Crippen LogP contribution in [0, 0.1) is 0 Å².